The molecule has 0 aliphatic carbocycles. The first kappa shape index (κ1) is 14.5. The molecule has 0 saturated carbocycles. The summed E-state index contributed by atoms with van der Waals surface area (Å²) in [5.74, 6) is 0.417. The lowest BCUT2D eigenvalue weighted by atomic mass is 10.3. The molecule has 0 atom stereocenters. The molecule has 6 nitrogen and oxygen atoms in total. The minimum atomic E-state index is -0.435. The van der Waals surface area contributed by atoms with Crippen LogP contribution in [0.2, 0.25) is 10.0 Å². The molecule has 0 fully saturated rings. The Bertz CT molecular complexity index is 642. The molecule has 1 heterocycles. The topological polar surface area (TPSA) is 68.2 Å². The van der Waals surface area contributed by atoms with E-state index in [1.165, 1.54) is 25.4 Å². The van der Waals surface area contributed by atoms with Crippen LogP contribution >= 0.6 is 23.2 Å². The number of methoxy groups -OCH3 is 1. The number of aromatic nitrogens is 2. The summed E-state index contributed by atoms with van der Waals surface area (Å²) >= 11 is 11.8. The van der Waals surface area contributed by atoms with Gasteiger partial charge in [-0.25, -0.2) is 4.79 Å². The van der Waals surface area contributed by atoms with Crippen molar-refractivity contribution in [2.75, 3.05) is 17.7 Å². The average Bonchev–Trinajstić information content (AvgIpc) is 2.78. The zero-order chi connectivity index (χ0) is 14.7. The molecule has 20 heavy (non-hydrogen) atoms. The van der Waals surface area contributed by atoms with Crippen molar-refractivity contribution < 1.29 is 9.53 Å². The van der Waals surface area contributed by atoms with Crippen molar-refractivity contribution >= 4 is 40.6 Å². The van der Waals surface area contributed by atoms with Crippen LogP contribution in [0.15, 0.2) is 24.5 Å². The number of urea groups is 1. The van der Waals surface area contributed by atoms with Gasteiger partial charge in [0, 0.05) is 19.3 Å². The quantitative estimate of drug-likeness (QED) is 0.912. The Kier molecular flexibility index (Phi) is 4.36. The van der Waals surface area contributed by atoms with E-state index in [1.54, 1.807) is 17.9 Å². The van der Waals surface area contributed by atoms with Gasteiger partial charge in [0.1, 0.15) is 5.75 Å². The van der Waals surface area contributed by atoms with Gasteiger partial charge in [0.25, 0.3) is 0 Å². The highest BCUT2D eigenvalue weighted by Gasteiger charge is 2.11. The van der Waals surface area contributed by atoms with Crippen LogP contribution in [-0.2, 0) is 7.05 Å². The molecule has 2 rings (SSSR count). The summed E-state index contributed by atoms with van der Waals surface area (Å²) in [7, 11) is 3.23. The van der Waals surface area contributed by atoms with Gasteiger partial charge in [0.15, 0.2) is 0 Å². The summed E-state index contributed by atoms with van der Waals surface area (Å²) in [6.45, 7) is 0. The fourth-order valence-electron chi connectivity index (χ4n) is 1.57. The summed E-state index contributed by atoms with van der Waals surface area (Å²) in [6, 6.07) is 2.62. The second kappa shape index (κ2) is 6.02. The predicted octanol–water partition coefficient (Wildman–Crippen LogP) is 3.38. The van der Waals surface area contributed by atoms with Gasteiger partial charge in [-0.05, 0) is 6.07 Å². The monoisotopic (exact) mass is 314 g/mol. The molecule has 0 saturated heterocycles. The average molecular weight is 315 g/mol. The van der Waals surface area contributed by atoms with E-state index < -0.39 is 6.03 Å². The lowest BCUT2D eigenvalue weighted by molar-refractivity contribution is 0.262. The van der Waals surface area contributed by atoms with Crippen LogP contribution < -0.4 is 15.4 Å². The Morgan fingerprint density at radius 3 is 2.60 bits per heavy atom. The number of carbonyl (C=O) groups is 1. The van der Waals surface area contributed by atoms with E-state index in [2.05, 4.69) is 15.7 Å². The largest absolute Gasteiger partial charge is 0.495 e. The van der Waals surface area contributed by atoms with E-state index in [0.29, 0.717) is 27.2 Å². The van der Waals surface area contributed by atoms with Gasteiger partial charge >= 0.3 is 6.03 Å². The highest BCUT2D eigenvalue weighted by Crippen LogP contribution is 2.34. The van der Waals surface area contributed by atoms with Gasteiger partial charge in [0.05, 0.1) is 34.7 Å². The van der Waals surface area contributed by atoms with Gasteiger partial charge in [-0.1, -0.05) is 23.2 Å². The number of hydrogen-bond donors (Lipinski definition) is 2. The Hall–Kier alpha value is -1.92. The second-order valence-electron chi connectivity index (χ2n) is 3.95. The predicted molar refractivity (Wildman–Crippen MR) is 78.9 cm³/mol. The third kappa shape index (κ3) is 3.34. The lowest BCUT2D eigenvalue weighted by Crippen LogP contribution is -2.19. The van der Waals surface area contributed by atoms with Crippen molar-refractivity contribution in [2.45, 2.75) is 0 Å². The SMILES string of the molecule is COc1cc(Cl)c(Cl)cc1NC(=O)Nc1cnn(C)c1. The van der Waals surface area contributed by atoms with Crippen molar-refractivity contribution in [3.63, 3.8) is 0 Å². The number of amides is 2. The molecule has 8 heteroatoms. The van der Waals surface area contributed by atoms with E-state index in [4.69, 9.17) is 27.9 Å². The Balaban J connectivity index is 2.13. The first-order valence-corrected chi connectivity index (χ1v) is 6.35. The second-order valence-corrected chi connectivity index (χ2v) is 4.76. The Labute approximate surface area is 125 Å². The number of rotatable bonds is 3. The minimum absolute atomic E-state index is 0.323. The zero-order valence-electron chi connectivity index (χ0n) is 10.8. The lowest BCUT2D eigenvalue weighted by Gasteiger charge is -2.11. The van der Waals surface area contributed by atoms with Crippen LogP contribution in [0.1, 0.15) is 0 Å². The maximum absolute atomic E-state index is 11.9. The molecule has 0 bridgehead atoms. The smallest absolute Gasteiger partial charge is 0.323 e. The van der Waals surface area contributed by atoms with Crippen molar-refractivity contribution in [3.05, 3.63) is 34.6 Å². The van der Waals surface area contributed by atoms with E-state index >= 15 is 0 Å². The number of aryl methyl sites for hydroxylation is 1. The van der Waals surface area contributed by atoms with Crippen molar-refractivity contribution in [1.82, 2.24) is 9.78 Å². The number of hydrogen-bond acceptors (Lipinski definition) is 3. The Morgan fingerprint density at radius 1 is 1.30 bits per heavy atom. The molecule has 0 aliphatic rings. The standard InChI is InChI=1S/C12H12Cl2N4O2/c1-18-6-7(5-15-18)16-12(19)17-10-3-8(13)9(14)4-11(10)20-2/h3-6H,1-2H3,(H2,16,17,19). The number of benzene rings is 1. The van der Waals surface area contributed by atoms with Crippen LogP contribution in [0.4, 0.5) is 16.2 Å². The maximum atomic E-state index is 11.9. The number of halogens is 2. The highest BCUT2D eigenvalue weighted by molar-refractivity contribution is 6.42. The number of carbonyl (C=O) groups excluding carboxylic acids is 1. The molecule has 1 aromatic heterocycles. The molecular formula is C12H12Cl2N4O2. The molecule has 2 amide bonds. The van der Waals surface area contributed by atoms with Crippen LogP contribution in [0, 0.1) is 0 Å². The number of ether oxygens (including phenoxy) is 1. The Morgan fingerprint density at radius 2 is 2.00 bits per heavy atom. The highest BCUT2D eigenvalue weighted by atomic mass is 35.5. The van der Waals surface area contributed by atoms with Crippen LogP contribution in [-0.4, -0.2) is 22.9 Å². The molecule has 2 N–H and O–H groups in total. The summed E-state index contributed by atoms with van der Waals surface area (Å²) in [6.07, 6.45) is 3.21. The number of anilines is 2. The van der Waals surface area contributed by atoms with E-state index in [-0.39, 0.29) is 0 Å². The van der Waals surface area contributed by atoms with Crippen LogP contribution in [0.5, 0.6) is 5.75 Å². The summed E-state index contributed by atoms with van der Waals surface area (Å²) in [5.41, 5.74) is 0.993. The molecule has 2 aromatic rings. The molecule has 1 aromatic carbocycles. The summed E-state index contributed by atoms with van der Waals surface area (Å²) in [5, 5.41) is 9.88. The van der Waals surface area contributed by atoms with E-state index in [1.807, 2.05) is 0 Å². The fourth-order valence-corrected chi connectivity index (χ4v) is 1.88. The van der Waals surface area contributed by atoms with Crippen LogP contribution in [0.3, 0.4) is 0 Å². The van der Waals surface area contributed by atoms with Gasteiger partial charge in [-0.15, -0.1) is 0 Å². The van der Waals surface area contributed by atoms with Crippen molar-refractivity contribution in [3.8, 4) is 5.75 Å². The molecule has 0 aliphatic heterocycles. The first-order valence-electron chi connectivity index (χ1n) is 5.59. The molecule has 0 radical (unpaired) electrons. The zero-order valence-corrected chi connectivity index (χ0v) is 12.3. The third-order valence-corrected chi connectivity index (χ3v) is 3.18. The summed E-state index contributed by atoms with van der Waals surface area (Å²) in [4.78, 5) is 11.9. The van der Waals surface area contributed by atoms with Gasteiger partial charge in [-0.3, -0.25) is 4.68 Å². The first-order chi connectivity index (χ1) is 9.49. The minimum Gasteiger partial charge on any atom is -0.495 e. The fraction of sp³-hybridized carbons (Fsp3) is 0.167. The van der Waals surface area contributed by atoms with E-state index in [0.717, 1.165) is 0 Å². The van der Waals surface area contributed by atoms with Gasteiger partial charge in [-0.2, -0.15) is 5.10 Å². The van der Waals surface area contributed by atoms with Gasteiger partial charge < -0.3 is 15.4 Å². The molecule has 0 unspecified atom stereocenters. The van der Waals surface area contributed by atoms with E-state index in [9.17, 15) is 4.79 Å². The number of nitrogens with one attached hydrogen (secondary N) is 2. The van der Waals surface area contributed by atoms with Crippen molar-refractivity contribution in [2.24, 2.45) is 7.05 Å². The molecular weight excluding hydrogens is 303 g/mol. The van der Waals surface area contributed by atoms with Crippen LogP contribution in [0.25, 0.3) is 0 Å². The van der Waals surface area contributed by atoms with Crippen molar-refractivity contribution in [1.29, 1.82) is 0 Å². The normalized spacial score (nSPS) is 10.2. The third-order valence-electron chi connectivity index (χ3n) is 2.45. The summed E-state index contributed by atoms with van der Waals surface area (Å²) < 4.78 is 6.71. The van der Waals surface area contributed by atoms with Gasteiger partial charge in [0.2, 0.25) is 0 Å². The number of nitrogens with zero attached hydrogens (tertiary/aromatic N) is 2. The molecule has 106 valence electrons. The molecule has 0 spiro atoms. The maximum Gasteiger partial charge on any atom is 0.323 e.